The zero-order valence-electron chi connectivity index (χ0n) is 8.81. The number of rotatable bonds is 5. The summed E-state index contributed by atoms with van der Waals surface area (Å²) in [6, 6.07) is 0.753. The van der Waals surface area contributed by atoms with E-state index in [4.69, 9.17) is 17.3 Å². The van der Waals surface area contributed by atoms with Crippen molar-refractivity contribution in [2.24, 2.45) is 0 Å². The van der Waals surface area contributed by atoms with Crippen molar-refractivity contribution in [1.82, 2.24) is 19.7 Å². The first kappa shape index (κ1) is 10.8. The number of H-pyrrole nitrogens is 1. The van der Waals surface area contributed by atoms with E-state index in [0.717, 1.165) is 19.1 Å². The molecule has 5 nitrogen and oxygen atoms in total. The molecule has 1 aromatic rings. The van der Waals surface area contributed by atoms with Gasteiger partial charge in [0.25, 0.3) is 0 Å². The third-order valence-electron chi connectivity index (χ3n) is 2.83. The number of likely N-dealkylation sites (N-methyl/N-ethyl adjacent to an activating group) is 1. The van der Waals surface area contributed by atoms with Gasteiger partial charge in [0.15, 0.2) is 10.6 Å². The summed E-state index contributed by atoms with van der Waals surface area (Å²) < 4.78 is 2.44. The van der Waals surface area contributed by atoms with Gasteiger partial charge in [-0.3, -0.25) is 5.10 Å². The Labute approximate surface area is 93.7 Å². The molecule has 0 atom stereocenters. The number of aromatic nitrogens is 3. The standard InChI is InChI=1S/C9H16N4OS/c1-12(7-2-3-7)4-5-13-8(6-14)10-11-9(13)15/h7,14H,2-6H2,1H3,(H,11,15). The van der Waals surface area contributed by atoms with Crippen molar-refractivity contribution in [2.45, 2.75) is 32.0 Å². The fraction of sp³-hybridized carbons (Fsp3) is 0.778. The number of nitrogens with zero attached hydrogens (tertiary/aromatic N) is 3. The second kappa shape index (κ2) is 4.42. The van der Waals surface area contributed by atoms with Gasteiger partial charge in [0.1, 0.15) is 6.61 Å². The van der Waals surface area contributed by atoms with Crippen LogP contribution in [0.1, 0.15) is 18.7 Å². The third-order valence-corrected chi connectivity index (χ3v) is 3.14. The quantitative estimate of drug-likeness (QED) is 0.722. The highest BCUT2D eigenvalue weighted by atomic mass is 32.1. The van der Waals surface area contributed by atoms with Gasteiger partial charge in [-0.1, -0.05) is 0 Å². The highest BCUT2D eigenvalue weighted by molar-refractivity contribution is 7.71. The molecule has 0 aromatic carbocycles. The van der Waals surface area contributed by atoms with Crippen LogP contribution >= 0.6 is 12.2 Å². The predicted octanol–water partition coefficient (Wildman–Crippen LogP) is 0.527. The normalized spacial score (nSPS) is 16.2. The fourth-order valence-corrected chi connectivity index (χ4v) is 1.90. The Balaban J connectivity index is 1.96. The lowest BCUT2D eigenvalue weighted by Crippen LogP contribution is -2.25. The molecule has 0 unspecified atom stereocenters. The molecule has 84 valence electrons. The van der Waals surface area contributed by atoms with Gasteiger partial charge in [-0.05, 0) is 32.1 Å². The van der Waals surface area contributed by atoms with E-state index >= 15 is 0 Å². The molecule has 1 fully saturated rings. The number of nitrogens with one attached hydrogen (secondary N) is 1. The minimum atomic E-state index is -0.0692. The molecule has 6 heteroatoms. The maximum atomic E-state index is 9.06. The van der Waals surface area contributed by atoms with Crippen LogP contribution in [0.25, 0.3) is 0 Å². The van der Waals surface area contributed by atoms with Crippen LogP contribution in [0.2, 0.25) is 0 Å². The Kier molecular flexibility index (Phi) is 3.18. The van der Waals surface area contributed by atoms with Crippen LogP contribution in [0.15, 0.2) is 0 Å². The zero-order valence-corrected chi connectivity index (χ0v) is 9.63. The molecule has 0 saturated heterocycles. The number of hydrogen-bond acceptors (Lipinski definition) is 4. The SMILES string of the molecule is CN(CCn1c(CO)n[nH]c1=S)C1CC1. The van der Waals surface area contributed by atoms with Crippen molar-refractivity contribution in [3.05, 3.63) is 10.6 Å². The first-order chi connectivity index (χ1) is 7.22. The summed E-state index contributed by atoms with van der Waals surface area (Å²) in [7, 11) is 2.12. The highest BCUT2D eigenvalue weighted by Crippen LogP contribution is 2.24. The van der Waals surface area contributed by atoms with E-state index in [2.05, 4.69) is 22.1 Å². The smallest absolute Gasteiger partial charge is 0.195 e. The molecular formula is C9H16N4OS. The minimum absolute atomic E-state index is 0.0692. The van der Waals surface area contributed by atoms with Crippen LogP contribution in [0, 0.1) is 4.77 Å². The summed E-state index contributed by atoms with van der Waals surface area (Å²) in [4.78, 5) is 2.33. The lowest BCUT2D eigenvalue weighted by Gasteiger charge is -2.15. The maximum absolute atomic E-state index is 9.06. The summed E-state index contributed by atoms with van der Waals surface area (Å²) in [5, 5.41) is 15.7. The molecule has 0 radical (unpaired) electrons. The lowest BCUT2D eigenvalue weighted by molar-refractivity contribution is 0.257. The Morgan fingerprint density at radius 2 is 2.40 bits per heavy atom. The molecule has 1 aromatic heterocycles. The molecule has 2 N–H and O–H groups in total. The van der Waals surface area contributed by atoms with Crippen molar-refractivity contribution >= 4 is 12.2 Å². The van der Waals surface area contributed by atoms with Crippen LogP contribution in [0.3, 0.4) is 0 Å². The average Bonchev–Trinajstić information content (AvgIpc) is 3.01. The van der Waals surface area contributed by atoms with Crippen LogP contribution in [0.4, 0.5) is 0 Å². The molecular weight excluding hydrogens is 212 g/mol. The molecule has 1 saturated carbocycles. The van der Waals surface area contributed by atoms with Crippen molar-refractivity contribution in [3.63, 3.8) is 0 Å². The molecule has 1 heterocycles. The third kappa shape index (κ3) is 2.45. The van der Waals surface area contributed by atoms with Crippen LogP contribution < -0.4 is 0 Å². The number of aromatic amines is 1. The van der Waals surface area contributed by atoms with E-state index in [1.165, 1.54) is 12.8 Å². The predicted molar refractivity (Wildman–Crippen MR) is 59.0 cm³/mol. The van der Waals surface area contributed by atoms with Gasteiger partial charge < -0.3 is 14.6 Å². The van der Waals surface area contributed by atoms with E-state index in [1.54, 1.807) is 0 Å². The number of aliphatic hydroxyl groups excluding tert-OH is 1. The van der Waals surface area contributed by atoms with Gasteiger partial charge in [-0.15, -0.1) is 0 Å². The fourth-order valence-electron chi connectivity index (χ4n) is 1.66. The second-order valence-corrected chi connectivity index (χ2v) is 4.35. The van der Waals surface area contributed by atoms with Crippen LogP contribution in [-0.4, -0.2) is 44.4 Å². The van der Waals surface area contributed by atoms with Gasteiger partial charge >= 0.3 is 0 Å². The van der Waals surface area contributed by atoms with Crippen molar-refractivity contribution in [2.75, 3.05) is 13.6 Å². The lowest BCUT2D eigenvalue weighted by atomic mass is 10.5. The van der Waals surface area contributed by atoms with Gasteiger partial charge in [0.2, 0.25) is 0 Å². The molecule has 15 heavy (non-hydrogen) atoms. The Hall–Kier alpha value is -0.720. The van der Waals surface area contributed by atoms with Gasteiger partial charge in [0, 0.05) is 19.1 Å². The first-order valence-corrected chi connectivity index (χ1v) is 5.58. The van der Waals surface area contributed by atoms with Gasteiger partial charge in [0.05, 0.1) is 0 Å². The maximum Gasteiger partial charge on any atom is 0.195 e. The first-order valence-electron chi connectivity index (χ1n) is 5.17. The zero-order chi connectivity index (χ0) is 10.8. The number of hydrogen-bond donors (Lipinski definition) is 2. The Bertz CT molecular complexity index is 382. The van der Waals surface area contributed by atoms with E-state index < -0.39 is 0 Å². The highest BCUT2D eigenvalue weighted by Gasteiger charge is 2.25. The number of aliphatic hydroxyl groups is 1. The topological polar surface area (TPSA) is 57.1 Å². The summed E-state index contributed by atoms with van der Waals surface area (Å²) in [6.07, 6.45) is 2.61. The molecule has 1 aliphatic rings. The Morgan fingerprint density at radius 1 is 1.67 bits per heavy atom. The molecule has 0 bridgehead atoms. The van der Waals surface area contributed by atoms with E-state index in [9.17, 15) is 0 Å². The average molecular weight is 228 g/mol. The molecule has 1 aliphatic carbocycles. The van der Waals surface area contributed by atoms with E-state index in [1.807, 2.05) is 4.57 Å². The van der Waals surface area contributed by atoms with Crippen LogP contribution in [-0.2, 0) is 13.2 Å². The van der Waals surface area contributed by atoms with E-state index in [-0.39, 0.29) is 6.61 Å². The molecule has 0 amide bonds. The molecule has 0 aliphatic heterocycles. The summed E-state index contributed by atoms with van der Waals surface area (Å²) >= 11 is 5.09. The van der Waals surface area contributed by atoms with Crippen molar-refractivity contribution in [3.8, 4) is 0 Å². The minimum Gasteiger partial charge on any atom is -0.388 e. The van der Waals surface area contributed by atoms with Crippen molar-refractivity contribution in [1.29, 1.82) is 0 Å². The summed E-state index contributed by atoms with van der Waals surface area (Å²) in [5.41, 5.74) is 0. The molecule has 2 rings (SSSR count). The largest absolute Gasteiger partial charge is 0.388 e. The van der Waals surface area contributed by atoms with E-state index in [0.29, 0.717) is 10.6 Å². The second-order valence-electron chi connectivity index (χ2n) is 3.97. The molecule has 0 spiro atoms. The van der Waals surface area contributed by atoms with Gasteiger partial charge in [-0.25, -0.2) is 0 Å². The van der Waals surface area contributed by atoms with Crippen molar-refractivity contribution < 1.29 is 5.11 Å². The summed E-state index contributed by atoms with van der Waals surface area (Å²) in [6.45, 7) is 1.67. The monoisotopic (exact) mass is 228 g/mol. The van der Waals surface area contributed by atoms with Gasteiger partial charge in [-0.2, -0.15) is 5.10 Å². The Morgan fingerprint density at radius 3 is 3.00 bits per heavy atom. The summed E-state index contributed by atoms with van der Waals surface area (Å²) in [5.74, 6) is 0.615. The van der Waals surface area contributed by atoms with Crippen LogP contribution in [0.5, 0.6) is 0 Å².